The zero-order valence-electron chi connectivity index (χ0n) is 26.2. The predicted octanol–water partition coefficient (Wildman–Crippen LogP) is 9.88. The summed E-state index contributed by atoms with van der Waals surface area (Å²) in [5.74, 6) is -1.40. The molecule has 5 nitrogen and oxygen atoms in total. The highest BCUT2D eigenvalue weighted by Gasteiger charge is 2.27. The number of hydrogen-bond acceptors (Lipinski definition) is 3. The number of aliphatic hydroxyl groups is 1. The Balaban J connectivity index is 3.69. The molecule has 3 N–H and O–H groups in total. The fraction of sp³-hybridized carbons (Fsp3) is 0.941. The summed E-state index contributed by atoms with van der Waals surface area (Å²) in [4.78, 5) is 23.9. The maximum absolute atomic E-state index is 12.3. The second-order valence-corrected chi connectivity index (χ2v) is 12.0. The molecule has 0 rings (SSSR count). The normalized spacial score (nSPS) is 12.9. The molecule has 0 heterocycles. The lowest BCUT2D eigenvalue weighted by Gasteiger charge is -2.20. The predicted molar refractivity (Wildman–Crippen MR) is 166 cm³/mol. The fourth-order valence-electron chi connectivity index (χ4n) is 5.41. The van der Waals surface area contributed by atoms with Crippen LogP contribution in [0.2, 0.25) is 0 Å². The highest BCUT2D eigenvalue weighted by Crippen LogP contribution is 2.15. The molecule has 0 saturated heterocycles. The minimum absolute atomic E-state index is 0.255. The minimum atomic E-state index is -1.20. The van der Waals surface area contributed by atoms with E-state index >= 15 is 0 Å². The molecule has 0 aromatic rings. The molecule has 232 valence electrons. The van der Waals surface area contributed by atoms with Gasteiger partial charge in [0, 0.05) is 6.42 Å². The van der Waals surface area contributed by atoms with Crippen LogP contribution >= 0.6 is 0 Å². The lowest BCUT2D eigenvalue weighted by molar-refractivity contribution is -0.145. The molecule has 39 heavy (non-hydrogen) atoms. The molecule has 0 aliphatic carbocycles. The molecule has 0 bridgehead atoms. The second-order valence-electron chi connectivity index (χ2n) is 12.0. The SMILES string of the molecule is CCCCCCCCCCCCCCCC(=O)NC(C(=O)O)C(O)CCCCCCCCCCCCCCC. The molecule has 2 unspecified atom stereocenters. The van der Waals surface area contributed by atoms with Gasteiger partial charge < -0.3 is 15.5 Å². The number of aliphatic carboxylic acids is 1. The minimum Gasteiger partial charge on any atom is -0.480 e. The Morgan fingerprint density at radius 2 is 0.821 bits per heavy atom. The van der Waals surface area contributed by atoms with Gasteiger partial charge in [0.25, 0.3) is 0 Å². The number of rotatable bonds is 31. The molecular formula is C34H67NO4. The van der Waals surface area contributed by atoms with Crippen molar-refractivity contribution < 1.29 is 19.8 Å². The van der Waals surface area contributed by atoms with Crippen LogP contribution in [0.3, 0.4) is 0 Å². The largest absolute Gasteiger partial charge is 0.480 e. The number of unbranched alkanes of at least 4 members (excludes halogenated alkanes) is 24. The van der Waals surface area contributed by atoms with E-state index < -0.39 is 18.1 Å². The smallest absolute Gasteiger partial charge is 0.328 e. The van der Waals surface area contributed by atoms with Gasteiger partial charge >= 0.3 is 5.97 Å². The Morgan fingerprint density at radius 1 is 0.513 bits per heavy atom. The molecule has 5 heteroatoms. The van der Waals surface area contributed by atoms with Gasteiger partial charge in [-0.3, -0.25) is 4.79 Å². The summed E-state index contributed by atoms with van der Waals surface area (Å²) in [7, 11) is 0. The van der Waals surface area contributed by atoms with Gasteiger partial charge in [0.2, 0.25) is 5.91 Å². The van der Waals surface area contributed by atoms with E-state index in [1.165, 1.54) is 128 Å². The third-order valence-corrected chi connectivity index (χ3v) is 8.08. The lowest BCUT2D eigenvalue weighted by Crippen LogP contribution is -2.48. The first-order valence-electron chi connectivity index (χ1n) is 17.2. The summed E-state index contributed by atoms with van der Waals surface area (Å²) < 4.78 is 0. The van der Waals surface area contributed by atoms with Crippen LogP contribution in [0.15, 0.2) is 0 Å². The Labute approximate surface area is 242 Å². The second kappa shape index (κ2) is 29.9. The van der Waals surface area contributed by atoms with Gasteiger partial charge in [0.05, 0.1) is 6.10 Å². The Morgan fingerprint density at radius 3 is 1.15 bits per heavy atom. The van der Waals surface area contributed by atoms with Crippen molar-refractivity contribution in [3.63, 3.8) is 0 Å². The first-order valence-corrected chi connectivity index (χ1v) is 17.2. The zero-order chi connectivity index (χ0) is 28.8. The molecule has 0 saturated carbocycles. The maximum Gasteiger partial charge on any atom is 0.328 e. The summed E-state index contributed by atoms with van der Waals surface area (Å²) in [5, 5.41) is 22.5. The molecule has 0 aliphatic heterocycles. The van der Waals surface area contributed by atoms with Crippen molar-refractivity contribution in [2.24, 2.45) is 0 Å². The highest BCUT2D eigenvalue weighted by atomic mass is 16.4. The first-order chi connectivity index (χ1) is 19.0. The first kappa shape index (κ1) is 37.9. The van der Waals surface area contributed by atoms with Gasteiger partial charge in [-0.2, -0.15) is 0 Å². The van der Waals surface area contributed by atoms with Crippen molar-refractivity contribution in [2.75, 3.05) is 0 Å². The van der Waals surface area contributed by atoms with Crippen molar-refractivity contribution in [1.29, 1.82) is 0 Å². The van der Waals surface area contributed by atoms with E-state index in [0.29, 0.717) is 12.8 Å². The molecule has 2 atom stereocenters. The average molecular weight is 554 g/mol. The standard InChI is InChI=1S/C34H67NO4/c1-3-5-7-9-11-13-15-17-19-21-23-25-27-29-31(36)33(34(38)39)35-32(37)30-28-26-24-22-20-18-16-14-12-10-8-6-4-2/h31,33,36H,3-30H2,1-2H3,(H,35,37)(H,38,39). The number of carboxylic acid groups (broad SMARTS) is 1. The van der Waals surface area contributed by atoms with Crippen LogP contribution in [0.1, 0.15) is 194 Å². The van der Waals surface area contributed by atoms with E-state index in [-0.39, 0.29) is 5.91 Å². The number of hydrogen-bond donors (Lipinski definition) is 3. The van der Waals surface area contributed by atoms with Crippen LogP contribution in [0.4, 0.5) is 0 Å². The van der Waals surface area contributed by atoms with E-state index in [4.69, 9.17) is 0 Å². The lowest BCUT2D eigenvalue weighted by atomic mass is 10.0. The molecule has 0 fully saturated rings. The maximum atomic E-state index is 12.3. The Bertz CT molecular complexity index is 539. The summed E-state index contributed by atoms with van der Waals surface area (Å²) in [6.07, 6.45) is 32.2. The van der Waals surface area contributed by atoms with E-state index in [9.17, 15) is 19.8 Å². The Kier molecular flexibility index (Phi) is 29.0. The van der Waals surface area contributed by atoms with Crippen molar-refractivity contribution in [3.05, 3.63) is 0 Å². The highest BCUT2D eigenvalue weighted by molar-refractivity contribution is 5.83. The van der Waals surface area contributed by atoms with Crippen molar-refractivity contribution >= 4 is 11.9 Å². The topological polar surface area (TPSA) is 86.6 Å². The zero-order valence-corrected chi connectivity index (χ0v) is 26.2. The quantitative estimate of drug-likeness (QED) is 0.0745. The van der Waals surface area contributed by atoms with Crippen LogP contribution in [0.5, 0.6) is 0 Å². The van der Waals surface area contributed by atoms with Crippen LogP contribution in [0.25, 0.3) is 0 Å². The number of nitrogens with one attached hydrogen (secondary N) is 1. The summed E-state index contributed by atoms with van der Waals surface area (Å²) in [5.41, 5.74) is 0. The summed E-state index contributed by atoms with van der Waals surface area (Å²) in [6, 6.07) is -1.20. The molecule has 0 spiro atoms. The third kappa shape index (κ3) is 26.9. The van der Waals surface area contributed by atoms with Gasteiger partial charge in [-0.15, -0.1) is 0 Å². The monoisotopic (exact) mass is 554 g/mol. The number of carboxylic acids is 1. The van der Waals surface area contributed by atoms with Crippen LogP contribution in [0, 0.1) is 0 Å². The van der Waals surface area contributed by atoms with E-state index in [1.807, 2.05) is 0 Å². The number of amides is 1. The van der Waals surface area contributed by atoms with Gasteiger partial charge in [-0.25, -0.2) is 4.79 Å². The van der Waals surface area contributed by atoms with Crippen molar-refractivity contribution in [3.8, 4) is 0 Å². The number of aliphatic hydroxyl groups excluding tert-OH is 1. The number of carbonyl (C=O) groups is 2. The average Bonchev–Trinajstić information content (AvgIpc) is 2.92. The number of carbonyl (C=O) groups excluding carboxylic acids is 1. The third-order valence-electron chi connectivity index (χ3n) is 8.08. The molecule has 0 aromatic heterocycles. The van der Waals surface area contributed by atoms with Crippen molar-refractivity contribution in [2.45, 2.75) is 206 Å². The van der Waals surface area contributed by atoms with Gasteiger partial charge in [0.15, 0.2) is 6.04 Å². The Hall–Kier alpha value is -1.10. The summed E-state index contributed by atoms with van der Waals surface area (Å²) >= 11 is 0. The van der Waals surface area contributed by atoms with Crippen LogP contribution in [-0.4, -0.2) is 34.2 Å². The molecule has 0 aliphatic rings. The van der Waals surface area contributed by atoms with Gasteiger partial charge in [-0.05, 0) is 12.8 Å². The fourth-order valence-corrected chi connectivity index (χ4v) is 5.41. The van der Waals surface area contributed by atoms with Gasteiger partial charge in [0.1, 0.15) is 0 Å². The van der Waals surface area contributed by atoms with Crippen LogP contribution < -0.4 is 5.32 Å². The molecule has 1 amide bonds. The van der Waals surface area contributed by atoms with E-state index in [1.54, 1.807) is 0 Å². The van der Waals surface area contributed by atoms with Crippen LogP contribution in [-0.2, 0) is 9.59 Å². The molecular weight excluding hydrogens is 486 g/mol. The molecule has 0 radical (unpaired) electrons. The van der Waals surface area contributed by atoms with E-state index in [2.05, 4.69) is 19.2 Å². The van der Waals surface area contributed by atoms with Crippen molar-refractivity contribution in [1.82, 2.24) is 5.32 Å². The summed E-state index contributed by atoms with van der Waals surface area (Å²) in [6.45, 7) is 4.51. The van der Waals surface area contributed by atoms with Gasteiger partial charge in [-0.1, -0.05) is 174 Å². The van der Waals surface area contributed by atoms with E-state index in [0.717, 1.165) is 38.5 Å². The molecule has 0 aromatic carbocycles.